The predicted molar refractivity (Wildman–Crippen MR) is 367 cm³/mol. The van der Waals surface area contributed by atoms with E-state index in [0.717, 1.165) is 93.6 Å². The lowest BCUT2D eigenvalue weighted by Crippen LogP contribution is -2.49. The van der Waals surface area contributed by atoms with Gasteiger partial charge in [0.25, 0.3) is 0 Å². The Bertz CT molecular complexity index is 4100. The zero-order chi connectivity index (χ0) is 67.3. The number of methoxy groups -OCH3 is 1. The number of rotatable bonds is 27. The van der Waals surface area contributed by atoms with Gasteiger partial charge >= 0.3 is 21.5 Å². The summed E-state index contributed by atoms with van der Waals surface area (Å²) >= 11 is 0. The molecule has 482 valence electrons. The van der Waals surface area contributed by atoms with Crippen molar-refractivity contribution in [1.82, 2.24) is 15.1 Å². The molecule has 0 atom stereocenters. The number of anilines is 1. The third kappa shape index (κ3) is 16.9. The van der Waals surface area contributed by atoms with Crippen molar-refractivity contribution in [3.05, 3.63) is 214 Å². The summed E-state index contributed by atoms with van der Waals surface area (Å²) in [5.41, 5.74) is 14.2. The predicted octanol–water partition coefficient (Wildman–Crippen LogP) is 10.7. The lowest BCUT2D eigenvalue weighted by Gasteiger charge is -2.38. The summed E-state index contributed by atoms with van der Waals surface area (Å²) in [5, 5.41) is 38.7. The van der Waals surface area contributed by atoms with E-state index in [1.807, 2.05) is 48.5 Å². The molecule has 7 aromatic rings. The number of nitrogens with zero attached hydrogens (tertiary/aromatic N) is 4. The number of allylic oxidation sites excluding steroid dienone is 6. The van der Waals surface area contributed by atoms with Gasteiger partial charge in [-0.25, -0.2) is 4.58 Å². The Hall–Kier alpha value is -8.78. The number of alkyl halides is 3. The Morgan fingerprint density at radius 3 is 1.76 bits per heavy atom. The zero-order valence-corrected chi connectivity index (χ0v) is 55.4. The Kier molecular flexibility index (Phi) is 23.5. The van der Waals surface area contributed by atoms with Gasteiger partial charge in [0.1, 0.15) is 45.4 Å². The third-order valence-electron chi connectivity index (χ3n) is 17.0. The summed E-state index contributed by atoms with van der Waals surface area (Å²) in [6.45, 7) is 20.0. The number of hydrogen-bond donors (Lipinski definition) is 3. The average molecular weight is 1280 g/mol. The molecule has 9 rings (SSSR count). The third-order valence-corrected chi connectivity index (χ3v) is 20.5. The summed E-state index contributed by atoms with van der Waals surface area (Å²) < 4.78 is 51.4. The number of halogens is 3. The number of amides is 1. The summed E-state index contributed by atoms with van der Waals surface area (Å²) in [7, 11) is 9.37. The van der Waals surface area contributed by atoms with Crippen molar-refractivity contribution in [3.63, 3.8) is 0 Å². The van der Waals surface area contributed by atoms with E-state index in [-0.39, 0.29) is 11.7 Å². The highest BCUT2D eigenvalue weighted by molar-refractivity contribution is 6.98. The van der Waals surface area contributed by atoms with Crippen LogP contribution in [0.15, 0.2) is 181 Å². The zero-order valence-electron chi connectivity index (χ0n) is 54.4. The van der Waals surface area contributed by atoms with Crippen LogP contribution < -0.4 is 34.6 Å². The van der Waals surface area contributed by atoms with E-state index in [1.54, 1.807) is 21.0 Å². The molecule has 0 fully saturated rings. The molecule has 1 aliphatic carbocycles. The van der Waals surface area contributed by atoms with Crippen LogP contribution in [0.5, 0.6) is 17.2 Å². The van der Waals surface area contributed by atoms with Crippen LogP contribution in [0.1, 0.15) is 72.9 Å². The number of fused-ring (bicyclic) bond motifs is 4. The van der Waals surface area contributed by atoms with Crippen LogP contribution in [0.25, 0.3) is 38.2 Å². The molecule has 2 radical (unpaired) electrons. The van der Waals surface area contributed by atoms with Crippen LogP contribution in [0, 0.1) is 0 Å². The van der Waals surface area contributed by atoms with Gasteiger partial charge in [0.2, 0.25) is 5.91 Å². The average Bonchev–Trinajstić information content (AvgIpc) is 0.727. The van der Waals surface area contributed by atoms with E-state index in [9.17, 15) is 32.8 Å². The summed E-state index contributed by atoms with van der Waals surface area (Å²) in [4.78, 5) is 41.3. The van der Waals surface area contributed by atoms with Gasteiger partial charge in [0.05, 0.1) is 7.11 Å². The fourth-order valence-electron chi connectivity index (χ4n) is 12.1. The molecular weight excluding hydrogens is 1200 g/mol. The molecular formula is C73H80B2F3N5O9Si. The van der Waals surface area contributed by atoms with Gasteiger partial charge < -0.3 is 44.2 Å². The second-order valence-corrected chi connectivity index (χ2v) is 28.7. The Balaban J connectivity index is 0.00000150. The van der Waals surface area contributed by atoms with Gasteiger partial charge in [-0.2, -0.15) is 13.2 Å². The highest BCUT2D eigenvalue weighted by atomic mass is 28.3. The number of nitrogens with one attached hydrogen (secondary N) is 1. The van der Waals surface area contributed by atoms with Crippen molar-refractivity contribution >= 4 is 84.8 Å². The van der Waals surface area contributed by atoms with E-state index in [0.29, 0.717) is 87.7 Å². The largest absolute Gasteiger partial charge is 0.569 e. The first kappa shape index (κ1) is 70.1. The highest BCUT2D eigenvalue weighted by Crippen LogP contribution is 2.46. The van der Waals surface area contributed by atoms with Crippen molar-refractivity contribution in [2.75, 3.05) is 59.8 Å². The first-order valence-corrected chi connectivity index (χ1v) is 33.8. The van der Waals surface area contributed by atoms with Crippen molar-refractivity contribution < 1.29 is 61.3 Å². The maximum atomic E-state index is 12.9. The number of aliphatic carboxylic acids is 1. The second kappa shape index (κ2) is 31.2. The molecule has 1 amide bonds. The topological polar surface area (TPSA) is 167 Å². The van der Waals surface area contributed by atoms with Crippen LogP contribution in [-0.2, 0) is 40.6 Å². The van der Waals surface area contributed by atoms with Crippen LogP contribution in [-0.4, -0.2) is 132 Å². The van der Waals surface area contributed by atoms with Gasteiger partial charge in [0.15, 0.2) is 11.5 Å². The standard InChI is InChI=1S/C71H79B2N5O7Si.C2HF3O2/c1-47(2)64(79)25-18-19-37-77(43-51-21-12-16-26-65(51)84-72-81)46-63-56-24-15-14-23-55(56)62(45-78(38-20-36-74-71(80)48(3)4)44-52-22-13-17-27-66(52)85-73-82)57-32-28-49(39-60(57)63)50-29-35-67(83-9)61(40-50)70-58-33-30-53(75(5)6)41-68(58)86(10,11)69-42-54(76(7)8)31-34-59(69)70;3-2(4,5)1(6)7/h12-17,21-24,26-35,39-42,81-82H,1,3,18-20,25,36-38,43-46H2,2,4-11H3;(H,6,7). The van der Waals surface area contributed by atoms with Crippen LogP contribution in [0.4, 0.5) is 18.9 Å². The van der Waals surface area contributed by atoms with E-state index in [2.05, 4.69) is 176 Å². The molecule has 7 aromatic carbocycles. The molecule has 93 heavy (non-hydrogen) atoms. The van der Waals surface area contributed by atoms with Crippen molar-refractivity contribution in [3.8, 4) is 28.4 Å². The number of carbonyl (C=O) groups is 3. The lowest BCUT2D eigenvalue weighted by atomic mass is 9.86. The molecule has 3 N–H and O–H groups in total. The van der Waals surface area contributed by atoms with Gasteiger partial charge in [-0.3, -0.25) is 19.4 Å². The number of carboxylic acids is 1. The molecule has 0 spiro atoms. The molecule has 0 bridgehead atoms. The Morgan fingerprint density at radius 1 is 0.667 bits per heavy atom. The van der Waals surface area contributed by atoms with Gasteiger partial charge in [-0.05, 0) is 165 Å². The van der Waals surface area contributed by atoms with Crippen molar-refractivity contribution in [2.45, 2.75) is 85.0 Å². The quantitative estimate of drug-likeness (QED) is 0.0147. The molecule has 0 saturated heterocycles. The molecule has 0 saturated carbocycles. The molecule has 20 heteroatoms. The monoisotopic (exact) mass is 1280 g/mol. The highest BCUT2D eigenvalue weighted by Gasteiger charge is 2.41. The first-order valence-electron chi connectivity index (χ1n) is 30.8. The van der Waals surface area contributed by atoms with Crippen molar-refractivity contribution in [1.29, 1.82) is 0 Å². The number of carboxylic acid groups (broad SMARTS) is 1. The van der Waals surface area contributed by atoms with Gasteiger partial charge in [-0.1, -0.05) is 111 Å². The second-order valence-electron chi connectivity index (χ2n) is 24.3. The number of hydrogen-bond acceptors (Lipinski definition) is 12. The van der Waals surface area contributed by atoms with Gasteiger partial charge in [-0.15, -0.1) is 0 Å². The summed E-state index contributed by atoms with van der Waals surface area (Å²) in [5.74, 6) is -1.20. The van der Waals surface area contributed by atoms with Crippen LogP contribution in [0.3, 0.4) is 0 Å². The summed E-state index contributed by atoms with van der Waals surface area (Å²) in [6.07, 6.45) is 4.31. The smallest absolute Gasteiger partial charge is 0.542 e. The maximum Gasteiger partial charge on any atom is 0.569 e. The number of para-hydroxylation sites is 2. The molecule has 0 unspecified atom stereocenters. The normalized spacial score (nSPS) is 13.2. The molecule has 2 aliphatic rings. The molecule has 1 heterocycles. The number of carbonyl (C=O) groups excluding carboxylic acids is 3. The number of benzene rings is 7. The minimum absolute atomic E-state index is 0.0712. The van der Waals surface area contributed by atoms with Crippen molar-refractivity contribution in [2.24, 2.45) is 0 Å². The Morgan fingerprint density at radius 2 is 1.22 bits per heavy atom. The van der Waals surface area contributed by atoms with E-state index < -0.39 is 20.2 Å². The fourth-order valence-corrected chi connectivity index (χ4v) is 15.2. The Labute approximate surface area is 545 Å². The maximum absolute atomic E-state index is 12.9. The number of unbranched alkanes of at least 4 members (excludes halogenated alkanes) is 1. The van der Waals surface area contributed by atoms with E-state index in [4.69, 9.17) is 23.9 Å². The summed E-state index contributed by atoms with van der Waals surface area (Å²) in [6, 6.07) is 44.6. The SMILES string of the molecule is C=C(C)C(=O)CCCCN(Cc1ccccc1O[B]O)Cc1c2ccccc2c(CN(CCCNC(=O)C(=C)C)Cc2ccccc2O[B]O)c2ccc(-c3ccc(OC)c(C4=C5C=CC(=[N+](C)C)C=C5[Si](C)(C)c5cc(N(C)C)ccc54)c3)cc12.O=C([O-])C(F)(F)F. The number of ether oxygens (including phenoxy) is 1. The first-order chi connectivity index (χ1) is 44.4. The van der Waals surface area contributed by atoms with Gasteiger partial charge in [0, 0.05) is 99.9 Å². The number of Topliss-reactive ketones (excluding diaryl/α,β-unsaturated/α-hetero) is 1. The van der Waals surface area contributed by atoms with E-state index in [1.165, 1.54) is 32.9 Å². The minimum Gasteiger partial charge on any atom is -0.542 e. The number of ketones is 1. The minimum atomic E-state index is -5.19. The van der Waals surface area contributed by atoms with Crippen LogP contribution >= 0.6 is 0 Å². The fraction of sp³-hybridized carbons (Fsp3) is 0.288. The lowest BCUT2D eigenvalue weighted by molar-refractivity contribution is -0.462. The van der Waals surface area contributed by atoms with E-state index >= 15 is 0 Å². The van der Waals surface area contributed by atoms with Crippen LogP contribution in [0.2, 0.25) is 13.1 Å². The molecule has 0 aromatic heterocycles. The molecule has 14 nitrogen and oxygen atoms in total. The molecule has 1 aliphatic heterocycles.